The van der Waals surface area contributed by atoms with Crippen LogP contribution in [0.3, 0.4) is 0 Å². The van der Waals surface area contributed by atoms with Crippen molar-refractivity contribution >= 4 is 15.7 Å². The average Bonchev–Trinajstić information content (AvgIpc) is 2.25. The number of nitrogens with zero attached hydrogens (tertiary/aromatic N) is 2. The number of sulfone groups is 1. The molecule has 0 amide bonds. The summed E-state index contributed by atoms with van der Waals surface area (Å²) in [6, 6.07) is 3.45. The fourth-order valence-electron chi connectivity index (χ4n) is 1.18. The fourth-order valence-corrected chi connectivity index (χ4v) is 1.79. The molecule has 0 aliphatic carbocycles. The minimum absolute atomic E-state index is 0.0462. The molecule has 5 nitrogen and oxygen atoms in total. The van der Waals surface area contributed by atoms with Gasteiger partial charge in [0.25, 0.3) is 0 Å². The molecule has 6 heteroatoms. The molecule has 90 valence electrons. The lowest BCUT2D eigenvalue weighted by atomic mass is 10.3. The summed E-state index contributed by atoms with van der Waals surface area (Å²) in [5.41, 5.74) is 0.760. The van der Waals surface area contributed by atoms with Gasteiger partial charge in [0.1, 0.15) is 15.7 Å². The molecule has 1 N–H and O–H groups in total. The van der Waals surface area contributed by atoms with E-state index in [0.29, 0.717) is 12.4 Å². The van der Waals surface area contributed by atoms with E-state index in [0.717, 1.165) is 5.56 Å². The molecule has 1 rings (SSSR count). The standard InChI is InChI=1S/C10H16N2O3S/c1-12(5-6-16(2,14)15)10-7-9(8-13)3-4-11-10/h3-4,7,13H,5-6,8H2,1-2H3. The Morgan fingerprint density at radius 3 is 2.75 bits per heavy atom. The first-order valence-corrected chi connectivity index (χ1v) is 6.93. The lowest BCUT2D eigenvalue weighted by Crippen LogP contribution is -2.25. The number of anilines is 1. The van der Waals surface area contributed by atoms with Gasteiger partial charge < -0.3 is 10.0 Å². The molecular weight excluding hydrogens is 228 g/mol. The minimum Gasteiger partial charge on any atom is -0.392 e. The molecule has 0 saturated heterocycles. The Hall–Kier alpha value is -1.14. The van der Waals surface area contributed by atoms with E-state index in [1.165, 1.54) is 6.26 Å². The Morgan fingerprint density at radius 1 is 1.50 bits per heavy atom. The molecule has 0 atom stereocenters. The van der Waals surface area contributed by atoms with Gasteiger partial charge in [-0.3, -0.25) is 0 Å². The summed E-state index contributed by atoms with van der Waals surface area (Å²) in [7, 11) is -1.19. The van der Waals surface area contributed by atoms with Crippen molar-refractivity contribution in [3.05, 3.63) is 23.9 Å². The molecule has 0 spiro atoms. The predicted molar refractivity (Wildman–Crippen MR) is 63.1 cm³/mol. The second kappa shape index (κ2) is 5.27. The van der Waals surface area contributed by atoms with Crippen LogP contribution in [0.4, 0.5) is 5.82 Å². The van der Waals surface area contributed by atoms with Gasteiger partial charge in [-0.1, -0.05) is 0 Å². The molecule has 1 aromatic rings. The van der Waals surface area contributed by atoms with Crippen LogP contribution in [0.5, 0.6) is 0 Å². The quantitative estimate of drug-likeness (QED) is 0.792. The minimum atomic E-state index is -2.96. The van der Waals surface area contributed by atoms with Gasteiger partial charge in [-0.2, -0.15) is 0 Å². The summed E-state index contributed by atoms with van der Waals surface area (Å²) in [6.45, 7) is 0.343. The third-order valence-electron chi connectivity index (χ3n) is 2.18. The highest BCUT2D eigenvalue weighted by molar-refractivity contribution is 7.90. The monoisotopic (exact) mass is 244 g/mol. The van der Waals surface area contributed by atoms with E-state index in [9.17, 15) is 8.42 Å². The second-order valence-electron chi connectivity index (χ2n) is 3.73. The van der Waals surface area contributed by atoms with Crippen LogP contribution in [0.2, 0.25) is 0 Å². The SMILES string of the molecule is CN(CCS(C)(=O)=O)c1cc(CO)ccn1. The van der Waals surface area contributed by atoms with Crippen molar-refractivity contribution in [1.82, 2.24) is 4.98 Å². The van der Waals surface area contributed by atoms with Crippen LogP contribution in [0.1, 0.15) is 5.56 Å². The number of aliphatic hydroxyl groups excluding tert-OH is 1. The fraction of sp³-hybridized carbons (Fsp3) is 0.500. The Bertz CT molecular complexity index is 445. The maximum Gasteiger partial charge on any atom is 0.149 e. The molecule has 0 aliphatic rings. The van der Waals surface area contributed by atoms with Crippen LogP contribution in [0.15, 0.2) is 18.3 Å². The van der Waals surface area contributed by atoms with E-state index in [1.807, 2.05) is 0 Å². The summed E-state index contributed by atoms with van der Waals surface area (Å²) in [5, 5.41) is 8.96. The first kappa shape index (κ1) is 12.9. The molecule has 0 saturated carbocycles. The van der Waals surface area contributed by atoms with E-state index < -0.39 is 9.84 Å². The summed E-state index contributed by atoms with van der Waals surface area (Å²) in [4.78, 5) is 5.86. The molecule has 0 aliphatic heterocycles. The van der Waals surface area contributed by atoms with Crippen molar-refractivity contribution < 1.29 is 13.5 Å². The van der Waals surface area contributed by atoms with Gasteiger partial charge in [0.05, 0.1) is 12.4 Å². The highest BCUT2D eigenvalue weighted by Crippen LogP contribution is 2.10. The first-order valence-electron chi connectivity index (χ1n) is 4.87. The molecule has 0 radical (unpaired) electrons. The lowest BCUT2D eigenvalue weighted by Gasteiger charge is -2.17. The van der Waals surface area contributed by atoms with Crippen LogP contribution in [-0.4, -0.2) is 44.1 Å². The smallest absolute Gasteiger partial charge is 0.149 e. The summed E-state index contributed by atoms with van der Waals surface area (Å²) in [6.07, 6.45) is 2.80. The van der Waals surface area contributed by atoms with Gasteiger partial charge in [-0.05, 0) is 17.7 Å². The molecule has 0 unspecified atom stereocenters. The van der Waals surface area contributed by atoms with Gasteiger partial charge in [0.2, 0.25) is 0 Å². The Balaban J connectivity index is 2.69. The van der Waals surface area contributed by atoms with Crippen molar-refractivity contribution in [1.29, 1.82) is 0 Å². The Morgan fingerprint density at radius 2 is 2.19 bits per heavy atom. The third-order valence-corrected chi connectivity index (χ3v) is 3.11. The van der Waals surface area contributed by atoms with E-state index in [2.05, 4.69) is 4.98 Å². The van der Waals surface area contributed by atoms with Crippen molar-refractivity contribution in [3.63, 3.8) is 0 Å². The summed E-state index contributed by atoms with van der Waals surface area (Å²) >= 11 is 0. The van der Waals surface area contributed by atoms with Crippen LogP contribution in [-0.2, 0) is 16.4 Å². The van der Waals surface area contributed by atoms with Gasteiger partial charge >= 0.3 is 0 Å². The van der Waals surface area contributed by atoms with Gasteiger partial charge in [-0.25, -0.2) is 13.4 Å². The highest BCUT2D eigenvalue weighted by atomic mass is 32.2. The maximum absolute atomic E-state index is 11.0. The van der Waals surface area contributed by atoms with Crippen LogP contribution in [0, 0.1) is 0 Å². The Labute approximate surface area is 95.7 Å². The molecule has 1 heterocycles. The molecule has 16 heavy (non-hydrogen) atoms. The van der Waals surface area contributed by atoms with Crippen LogP contribution in [0.25, 0.3) is 0 Å². The van der Waals surface area contributed by atoms with Crippen molar-refractivity contribution in [3.8, 4) is 0 Å². The number of hydrogen-bond donors (Lipinski definition) is 1. The van der Waals surface area contributed by atoms with Gasteiger partial charge in [0, 0.05) is 26.0 Å². The van der Waals surface area contributed by atoms with Crippen molar-refractivity contribution in [2.75, 3.05) is 30.5 Å². The van der Waals surface area contributed by atoms with Crippen molar-refractivity contribution in [2.45, 2.75) is 6.61 Å². The molecule has 0 bridgehead atoms. The largest absolute Gasteiger partial charge is 0.392 e. The molecule has 0 fully saturated rings. The Kier molecular flexibility index (Phi) is 4.26. The highest BCUT2D eigenvalue weighted by Gasteiger charge is 2.07. The lowest BCUT2D eigenvalue weighted by molar-refractivity contribution is 0.281. The zero-order chi connectivity index (χ0) is 12.2. The van der Waals surface area contributed by atoms with Gasteiger partial charge in [0.15, 0.2) is 0 Å². The first-order chi connectivity index (χ1) is 7.42. The van der Waals surface area contributed by atoms with Crippen LogP contribution >= 0.6 is 0 Å². The second-order valence-corrected chi connectivity index (χ2v) is 5.99. The third kappa shape index (κ3) is 4.16. The number of hydrogen-bond acceptors (Lipinski definition) is 5. The molecule has 1 aromatic heterocycles. The summed E-state index contributed by atoms with van der Waals surface area (Å²) < 4.78 is 22.0. The van der Waals surface area contributed by atoms with E-state index in [1.54, 1.807) is 30.3 Å². The number of aliphatic hydroxyl groups is 1. The number of rotatable bonds is 5. The normalized spacial score (nSPS) is 11.4. The van der Waals surface area contributed by atoms with E-state index in [4.69, 9.17) is 5.11 Å². The molecular formula is C10H16N2O3S. The number of aromatic nitrogens is 1. The predicted octanol–water partition coefficient (Wildman–Crippen LogP) is 0.0547. The van der Waals surface area contributed by atoms with Crippen LogP contribution < -0.4 is 4.90 Å². The zero-order valence-corrected chi connectivity index (χ0v) is 10.2. The average molecular weight is 244 g/mol. The summed E-state index contributed by atoms with van der Waals surface area (Å²) in [5.74, 6) is 0.754. The van der Waals surface area contributed by atoms with Gasteiger partial charge in [-0.15, -0.1) is 0 Å². The number of pyridine rings is 1. The van der Waals surface area contributed by atoms with E-state index >= 15 is 0 Å². The van der Waals surface area contributed by atoms with E-state index in [-0.39, 0.29) is 12.4 Å². The zero-order valence-electron chi connectivity index (χ0n) is 9.42. The van der Waals surface area contributed by atoms with Crippen molar-refractivity contribution in [2.24, 2.45) is 0 Å². The molecule has 0 aromatic carbocycles. The topological polar surface area (TPSA) is 70.5 Å². The maximum atomic E-state index is 11.0.